The molecule has 1 heterocycles. The number of benzene rings is 3. The molecule has 3 aromatic carbocycles. The Morgan fingerprint density at radius 3 is 2.00 bits per heavy atom. The zero-order chi connectivity index (χ0) is 24.6. The molecule has 0 aliphatic carbocycles. The van der Waals surface area contributed by atoms with Gasteiger partial charge in [0, 0.05) is 13.0 Å². The summed E-state index contributed by atoms with van der Waals surface area (Å²) in [6, 6.07) is 17.8. The lowest BCUT2D eigenvalue weighted by atomic mass is 10.1. The lowest BCUT2D eigenvalue weighted by Gasteiger charge is -2.26. The van der Waals surface area contributed by atoms with Gasteiger partial charge in [0.05, 0.1) is 21.7 Å². The number of imide groups is 1. The molecule has 0 saturated carbocycles. The maximum atomic E-state index is 13.6. The summed E-state index contributed by atoms with van der Waals surface area (Å²) in [5.74, 6) is -1.72. The Morgan fingerprint density at radius 1 is 0.824 bits per heavy atom. The number of carbonyl (C=O) groups excluding carboxylic acids is 3. The third kappa shape index (κ3) is 4.01. The van der Waals surface area contributed by atoms with Crippen LogP contribution in [0.5, 0.6) is 0 Å². The van der Waals surface area contributed by atoms with E-state index in [9.17, 15) is 22.8 Å². The number of carbonyl (C=O) groups is 3. The fraction of sp³-hybridized carbons (Fsp3) is 0.192. The third-order valence-corrected chi connectivity index (χ3v) is 7.76. The van der Waals surface area contributed by atoms with Gasteiger partial charge < -0.3 is 0 Å². The first-order chi connectivity index (χ1) is 16.1. The van der Waals surface area contributed by atoms with Crippen molar-refractivity contribution in [1.82, 2.24) is 4.90 Å². The maximum Gasteiger partial charge on any atom is 0.270 e. The van der Waals surface area contributed by atoms with Gasteiger partial charge in [0.25, 0.3) is 21.8 Å². The molecule has 0 unspecified atom stereocenters. The van der Waals surface area contributed by atoms with Crippen LogP contribution in [0.2, 0.25) is 0 Å². The second-order valence-electron chi connectivity index (χ2n) is 8.25. The molecule has 1 aliphatic rings. The van der Waals surface area contributed by atoms with Crippen molar-refractivity contribution in [3.63, 3.8) is 0 Å². The normalized spacial score (nSPS) is 13.2. The third-order valence-electron chi connectivity index (χ3n) is 6.01. The Bertz CT molecular complexity index is 1380. The molecule has 7 nitrogen and oxygen atoms in total. The van der Waals surface area contributed by atoms with Crippen molar-refractivity contribution in [1.29, 1.82) is 0 Å². The molecule has 0 N–H and O–H groups in total. The van der Waals surface area contributed by atoms with Crippen LogP contribution in [0.15, 0.2) is 71.6 Å². The molecule has 0 saturated heterocycles. The number of fused-ring (bicyclic) bond motifs is 1. The number of sulfonamides is 1. The topological polar surface area (TPSA) is 91.8 Å². The smallest absolute Gasteiger partial charge is 0.270 e. The molecule has 174 valence electrons. The predicted molar refractivity (Wildman–Crippen MR) is 128 cm³/mol. The molecule has 1 aliphatic heterocycles. The Morgan fingerprint density at radius 2 is 1.41 bits per heavy atom. The molecule has 4 rings (SSSR count). The highest BCUT2D eigenvalue weighted by atomic mass is 32.2. The van der Waals surface area contributed by atoms with Crippen LogP contribution in [0, 0.1) is 20.8 Å². The van der Waals surface area contributed by atoms with Crippen molar-refractivity contribution in [2.45, 2.75) is 32.1 Å². The summed E-state index contributed by atoms with van der Waals surface area (Å²) in [6.07, 6.45) is -0.343. The van der Waals surface area contributed by atoms with Crippen molar-refractivity contribution in [3.05, 3.63) is 94.5 Å². The maximum absolute atomic E-state index is 13.6. The van der Waals surface area contributed by atoms with Crippen molar-refractivity contribution < 1.29 is 22.8 Å². The van der Waals surface area contributed by atoms with Gasteiger partial charge in [0.2, 0.25) is 5.91 Å². The van der Waals surface area contributed by atoms with E-state index in [0.717, 1.165) is 20.3 Å². The van der Waals surface area contributed by atoms with Gasteiger partial charge in [-0.05, 0) is 62.2 Å². The van der Waals surface area contributed by atoms with Gasteiger partial charge in [-0.15, -0.1) is 0 Å². The van der Waals surface area contributed by atoms with Crippen LogP contribution in [0.4, 0.5) is 5.69 Å². The summed E-state index contributed by atoms with van der Waals surface area (Å²) in [4.78, 5) is 39.7. The standard InChI is InChI=1S/C26H24N2O5S/c1-17-11-13-20(14-12-17)34(32,33)28(23-10-6-7-18(2)19(23)3)24(29)15-16-27-25(30)21-8-4-5-9-22(21)26(27)31/h4-14H,15-16H2,1-3H3. The van der Waals surface area contributed by atoms with Gasteiger partial charge >= 0.3 is 0 Å². The molecule has 0 bridgehead atoms. The highest BCUT2D eigenvalue weighted by molar-refractivity contribution is 7.93. The van der Waals surface area contributed by atoms with Crippen molar-refractivity contribution in [3.8, 4) is 0 Å². The second-order valence-corrected chi connectivity index (χ2v) is 10.0. The summed E-state index contributed by atoms with van der Waals surface area (Å²) in [6.45, 7) is 5.20. The van der Waals surface area contributed by atoms with Gasteiger partial charge in [-0.2, -0.15) is 0 Å². The molecule has 34 heavy (non-hydrogen) atoms. The summed E-state index contributed by atoms with van der Waals surface area (Å²) in [5.41, 5.74) is 3.15. The van der Waals surface area contributed by atoms with E-state index in [1.165, 1.54) is 12.1 Å². The first-order valence-electron chi connectivity index (χ1n) is 10.8. The highest BCUT2D eigenvalue weighted by Crippen LogP contribution is 2.30. The van der Waals surface area contributed by atoms with Crippen LogP contribution in [-0.2, 0) is 14.8 Å². The summed E-state index contributed by atoms with van der Waals surface area (Å²) in [7, 11) is -4.24. The minimum absolute atomic E-state index is 0.0203. The Labute approximate surface area is 198 Å². The average Bonchev–Trinajstić information content (AvgIpc) is 3.05. The number of nitrogens with zero attached hydrogens (tertiary/aromatic N) is 2. The molecule has 8 heteroatoms. The second kappa shape index (κ2) is 8.87. The van der Waals surface area contributed by atoms with Gasteiger partial charge in [-0.3, -0.25) is 19.3 Å². The van der Waals surface area contributed by atoms with Gasteiger partial charge in [-0.25, -0.2) is 12.7 Å². The van der Waals surface area contributed by atoms with E-state index in [4.69, 9.17) is 0 Å². The SMILES string of the molecule is Cc1ccc(S(=O)(=O)N(C(=O)CCN2C(=O)c3ccccc3C2=O)c2cccc(C)c2C)cc1. The quantitative estimate of drug-likeness (QED) is 0.501. The molecule has 0 aromatic heterocycles. The minimum Gasteiger partial charge on any atom is -0.274 e. The molecule has 0 atom stereocenters. The van der Waals surface area contributed by atoms with E-state index in [1.54, 1.807) is 55.5 Å². The first-order valence-corrected chi connectivity index (χ1v) is 12.2. The Kier molecular flexibility index (Phi) is 6.10. The number of hydrogen-bond donors (Lipinski definition) is 0. The van der Waals surface area contributed by atoms with Crippen LogP contribution in [0.3, 0.4) is 0 Å². The van der Waals surface area contributed by atoms with Crippen LogP contribution in [-0.4, -0.2) is 37.6 Å². The molecule has 3 amide bonds. The number of aryl methyl sites for hydroxylation is 2. The minimum atomic E-state index is -4.24. The van der Waals surface area contributed by atoms with Crippen LogP contribution < -0.4 is 4.31 Å². The largest absolute Gasteiger partial charge is 0.274 e. The van der Waals surface area contributed by atoms with Crippen LogP contribution in [0.25, 0.3) is 0 Å². The Hall–Kier alpha value is -3.78. The zero-order valence-corrected chi connectivity index (χ0v) is 19.9. The van der Waals surface area contributed by atoms with Gasteiger partial charge in [0.15, 0.2) is 0 Å². The average molecular weight is 477 g/mol. The van der Waals surface area contributed by atoms with Crippen molar-refractivity contribution in [2.75, 3.05) is 10.8 Å². The molecular weight excluding hydrogens is 452 g/mol. The van der Waals surface area contributed by atoms with E-state index in [0.29, 0.717) is 5.56 Å². The predicted octanol–water partition coefficient (Wildman–Crippen LogP) is 4.02. The summed E-state index contributed by atoms with van der Waals surface area (Å²) >= 11 is 0. The Balaban J connectivity index is 1.68. The van der Waals surface area contributed by atoms with Crippen LogP contribution in [0.1, 0.15) is 43.8 Å². The molecule has 0 radical (unpaired) electrons. The fourth-order valence-corrected chi connectivity index (χ4v) is 5.43. The lowest BCUT2D eigenvalue weighted by molar-refractivity contribution is -0.117. The monoisotopic (exact) mass is 476 g/mol. The zero-order valence-electron chi connectivity index (χ0n) is 19.1. The van der Waals surface area contributed by atoms with E-state index in [-0.39, 0.29) is 34.7 Å². The van der Waals surface area contributed by atoms with Crippen molar-refractivity contribution >= 4 is 33.4 Å². The van der Waals surface area contributed by atoms with E-state index in [2.05, 4.69) is 0 Å². The summed E-state index contributed by atoms with van der Waals surface area (Å²) in [5, 5.41) is 0. The van der Waals surface area contributed by atoms with E-state index in [1.807, 2.05) is 19.9 Å². The van der Waals surface area contributed by atoms with Gasteiger partial charge in [-0.1, -0.05) is 42.0 Å². The molecular formula is C26H24N2O5S. The van der Waals surface area contributed by atoms with E-state index < -0.39 is 27.7 Å². The molecule has 0 fully saturated rings. The molecule has 0 spiro atoms. The van der Waals surface area contributed by atoms with Gasteiger partial charge in [0.1, 0.15) is 0 Å². The number of rotatable bonds is 6. The highest BCUT2D eigenvalue weighted by Gasteiger charge is 2.37. The molecule has 3 aromatic rings. The fourth-order valence-electron chi connectivity index (χ4n) is 3.92. The van der Waals surface area contributed by atoms with E-state index >= 15 is 0 Å². The number of hydrogen-bond acceptors (Lipinski definition) is 5. The van der Waals surface area contributed by atoms with Crippen molar-refractivity contribution in [2.24, 2.45) is 0 Å². The number of amides is 3. The summed E-state index contributed by atoms with van der Waals surface area (Å²) < 4.78 is 28.0. The van der Waals surface area contributed by atoms with Crippen LogP contribution >= 0.6 is 0 Å². The lowest BCUT2D eigenvalue weighted by Crippen LogP contribution is -2.40. The number of anilines is 1. The first kappa shape index (κ1) is 23.4.